The number of benzene rings is 1. The maximum Gasteiger partial charge on any atom is 0.278 e. The predicted molar refractivity (Wildman–Crippen MR) is 65.8 cm³/mol. The van der Waals surface area contributed by atoms with Gasteiger partial charge in [0.25, 0.3) is 4.99 Å². The highest BCUT2D eigenvalue weighted by Gasteiger charge is 2.20. The fraction of sp³-hybridized carbons (Fsp3) is 0.231. The molecule has 2 rings (SSSR count). The monoisotopic (exact) mass is 216 g/mol. The van der Waals surface area contributed by atoms with Gasteiger partial charge in [-0.3, -0.25) is 0 Å². The van der Waals surface area contributed by atoms with Crippen LogP contribution in [0.25, 0.3) is 5.57 Å². The minimum Gasteiger partial charge on any atom is -0.194 e. The normalized spacial score (nSPS) is 13.5. The summed E-state index contributed by atoms with van der Waals surface area (Å²) >= 11 is 5.36. The van der Waals surface area contributed by atoms with E-state index in [1.54, 1.807) is 0 Å². The summed E-state index contributed by atoms with van der Waals surface area (Å²) in [4.78, 5) is 4.09. The first-order valence-corrected chi connectivity index (χ1v) is 5.44. The van der Waals surface area contributed by atoms with Gasteiger partial charge in [-0.25, -0.2) is 0 Å². The highest BCUT2D eigenvalue weighted by atomic mass is 32.1. The Balaban J connectivity index is 2.85. The summed E-state index contributed by atoms with van der Waals surface area (Å²) in [7, 11) is 0. The molecule has 1 nitrogen and oxygen atoms in total. The zero-order valence-electron chi connectivity index (χ0n) is 9.22. The smallest absolute Gasteiger partial charge is 0.194 e. The summed E-state index contributed by atoms with van der Waals surface area (Å²) in [6.07, 6.45) is 0. The lowest BCUT2D eigenvalue weighted by molar-refractivity contribution is -0.355. The minimum absolute atomic E-state index is 0.843. The Morgan fingerprint density at radius 3 is 2.47 bits per heavy atom. The quantitative estimate of drug-likeness (QED) is 0.664. The molecule has 1 aromatic rings. The molecule has 0 saturated heterocycles. The Morgan fingerprint density at radius 1 is 1.13 bits per heavy atom. The molecule has 0 unspecified atom stereocenters. The maximum absolute atomic E-state index is 5.36. The number of fused-ring (bicyclic) bond motifs is 1. The fourth-order valence-corrected chi connectivity index (χ4v) is 2.11. The van der Waals surface area contributed by atoms with Crippen LogP contribution in [0.5, 0.6) is 0 Å². The van der Waals surface area contributed by atoms with Crippen LogP contribution in [0.15, 0.2) is 35.4 Å². The summed E-state index contributed by atoms with van der Waals surface area (Å²) in [5.74, 6) is 0. The lowest BCUT2D eigenvalue weighted by Gasteiger charge is -2.01. The van der Waals surface area contributed by atoms with Crippen molar-refractivity contribution in [1.29, 1.82) is 0 Å². The van der Waals surface area contributed by atoms with Crippen molar-refractivity contribution in [2.45, 2.75) is 20.8 Å². The molecule has 1 aliphatic heterocycles. The van der Waals surface area contributed by atoms with Crippen LogP contribution in [0.4, 0.5) is 0 Å². The molecule has 0 fully saturated rings. The molecule has 0 bridgehead atoms. The van der Waals surface area contributed by atoms with Crippen LogP contribution in [0.2, 0.25) is 0 Å². The molecular formula is C13H14NS+. The van der Waals surface area contributed by atoms with Gasteiger partial charge in [0.1, 0.15) is 0 Å². The van der Waals surface area contributed by atoms with Crippen LogP contribution in [0.1, 0.15) is 20.8 Å². The van der Waals surface area contributed by atoms with E-state index >= 15 is 0 Å². The van der Waals surface area contributed by atoms with E-state index < -0.39 is 0 Å². The van der Waals surface area contributed by atoms with E-state index in [1.165, 1.54) is 21.9 Å². The van der Waals surface area contributed by atoms with Gasteiger partial charge in [0, 0.05) is 6.07 Å². The third-order valence-electron chi connectivity index (χ3n) is 2.80. The molecule has 0 amide bonds. The van der Waals surface area contributed by atoms with E-state index in [0.717, 1.165) is 10.3 Å². The molecule has 0 radical (unpaired) electrons. The Hall–Kier alpha value is -1.28. The van der Waals surface area contributed by atoms with Crippen molar-refractivity contribution < 1.29 is 4.99 Å². The predicted octanol–water partition coefficient (Wildman–Crippen LogP) is 0.235. The van der Waals surface area contributed by atoms with Crippen LogP contribution >= 0.6 is 12.2 Å². The van der Waals surface area contributed by atoms with Gasteiger partial charge in [0.05, 0.1) is 10.8 Å². The third kappa shape index (κ3) is 1.65. The van der Waals surface area contributed by atoms with Crippen LogP contribution in [-0.4, -0.2) is 4.99 Å². The average molecular weight is 216 g/mol. The molecule has 2 heteroatoms. The van der Waals surface area contributed by atoms with Crippen molar-refractivity contribution in [3.8, 4) is 0 Å². The molecular weight excluding hydrogens is 202 g/mol. The molecule has 1 N–H and O–H groups in total. The van der Waals surface area contributed by atoms with E-state index in [4.69, 9.17) is 12.2 Å². The Bertz CT molecular complexity index is 575. The molecule has 1 aromatic carbocycles. The lowest BCUT2D eigenvalue weighted by Crippen LogP contribution is -2.78. The number of thiocarbonyl (C=S) groups is 1. The molecule has 0 saturated carbocycles. The number of hydrogen-bond acceptors (Lipinski definition) is 1. The molecule has 1 heterocycles. The Kier molecular flexibility index (Phi) is 2.53. The summed E-state index contributed by atoms with van der Waals surface area (Å²) in [6.45, 7) is 6.36. The number of allylic oxidation sites excluding steroid dienone is 1. The lowest BCUT2D eigenvalue weighted by atomic mass is 10.0. The van der Waals surface area contributed by atoms with Gasteiger partial charge < -0.3 is 0 Å². The first kappa shape index (κ1) is 10.2. The zero-order valence-corrected chi connectivity index (χ0v) is 10.0. The van der Waals surface area contributed by atoms with Gasteiger partial charge in [-0.15, -0.1) is 0 Å². The van der Waals surface area contributed by atoms with Crippen LogP contribution in [0.3, 0.4) is 0 Å². The van der Waals surface area contributed by atoms with Gasteiger partial charge in [0.2, 0.25) is 5.36 Å². The Morgan fingerprint density at radius 2 is 1.80 bits per heavy atom. The largest absolute Gasteiger partial charge is 0.278 e. The van der Waals surface area contributed by atoms with E-state index in [2.05, 4.69) is 37.9 Å². The highest BCUT2D eigenvalue weighted by Crippen LogP contribution is 2.13. The van der Waals surface area contributed by atoms with E-state index in [9.17, 15) is 0 Å². The fourth-order valence-electron chi connectivity index (χ4n) is 1.74. The molecule has 76 valence electrons. The van der Waals surface area contributed by atoms with Crippen molar-refractivity contribution in [3.63, 3.8) is 0 Å². The summed E-state index contributed by atoms with van der Waals surface area (Å²) in [6, 6.07) is 8.25. The molecule has 0 spiro atoms. The SMILES string of the molecule is CC(C)=C(C)C1=c2ccccc2=[NH+]C1=S. The van der Waals surface area contributed by atoms with Gasteiger partial charge in [-0.1, -0.05) is 17.7 Å². The van der Waals surface area contributed by atoms with Crippen molar-refractivity contribution >= 4 is 22.8 Å². The molecule has 0 aliphatic carbocycles. The summed E-state index contributed by atoms with van der Waals surface area (Å²) in [5, 5.41) is 2.35. The number of nitrogens with one attached hydrogen (secondary N) is 1. The minimum atomic E-state index is 0.843. The maximum atomic E-state index is 5.36. The number of rotatable bonds is 1. The van der Waals surface area contributed by atoms with Crippen molar-refractivity contribution in [3.05, 3.63) is 46.0 Å². The Labute approximate surface area is 94.9 Å². The van der Waals surface area contributed by atoms with E-state index in [1.807, 2.05) is 12.1 Å². The second-order valence-corrected chi connectivity index (χ2v) is 4.41. The van der Waals surface area contributed by atoms with E-state index in [0.29, 0.717) is 0 Å². The second kappa shape index (κ2) is 3.70. The van der Waals surface area contributed by atoms with E-state index in [-0.39, 0.29) is 0 Å². The van der Waals surface area contributed by atoms with Crippen LogP contribution in [0, 0.1) is 0 Å². The van der Waals surface area contributed by atoms with Crippen LogP contribution in [-0.2, 0) is 0 Å². The van der Waals surface area contributed by atoms with Crippen molar-refractivity contribution in [1.82, 2.24) is 0 Å². The van der Waals surface area contributed by atoms with Crippen molar-refractivity contribution in [2.75, 3.05) is 0 Å². The van der Waals surface area contributed by atoms with Crippen LogP contribution < -0.4 is 15.6 Å². The number of para-hydroxylation sites is 1. The summed E-state index contributed by atoms with van der Waals surface area (Å²) < 4.78 is 0. The van der Waals surface area contributed by atoms with Gasteiger partial charge >= 0.3 is 0 Å². The number of hydrogen-bond donors (Lipinski definition) is 1. The summed E-state index contributed by atoms with van der Waals surface area (Å²) in [5.41, 5.74) is 3.77. The molecule has 0 aromatic heterocycles. The first-order chi connectivity index (χ1) is 7.11. The third-order valence-corrected chi connectivity index (χ3v) is 3.10. The topological polar surface area (TPSA) is 14.0 Å². The first-order valence-electron chi connectivity index (χ1n) is 5.03. The van der Waals surface area contributed by atoms with Gasteiger partial charge in [-0.05, 0) is 44.6 Å². The zero-order chi connectivity index (χ0) is 11.0. The molecule has 15 heavy (non-hydrogen) atoms. The highest BCUT2D eigenvalue weighted by molar-refractivity contribution is 7.80. The molecule has 0 atom stereocenters. The van der Waals surface area contributed by atoms with Gasteiger partial charge in [-0.2, -0.15) is 4.99 Å². The van der Waals surface area contributed by atoms with Gasteiger partial charge in [0.15, 0.2) is 0 Å². The molecule has 1 aliphatic rings. The van der Waals surface area contributed by atoms with Crippen molar-refractivity contribution in [2.24, 2.45) is 0 Å². The standard InChI is InChI=1S/C13H13NS/c1-8(2)9(3)12-10-6-4-5-7-11(10)14-13(12)15/h4-7H,1-3H3/p+1. The average Bonchev–Trinajstić information content (AvgIpc) is 2.52. The second-order valence-electron chi connectivity index (χ2n) is 4.00.